The van der Waals surface area contributed by atoms with Crippen molar-refractivity contribution in [2.75, 3.05) is 19.8 Å². The summed E-state index contributed by atoms with van der Waals surface area (Å²) in [5.41, 5.74) is 2.35. The van der Waals surface area contributed by atoms with E-state index >= 15 is 0 Å². The predicted molar refractivity (Wildman–Crippen MR) is 114 cm³/mol. The Morgan fingerprint density at radius 2 is 1.68 bits per heavy atom. The summed E-state index contributed by atoms with van der Waals surface area (Å²) in [4.78, 5) is 0. The van der Waals surface area contributed by atoms with Gasteiger partial charge < -0.3 is 22.8 Å². The Hall–Kier alpha value is -0.923. The molecule has 0 spiro atoms. The Morgan fingerprint density at radius 3 is 2.29 bits per heavy atom. The molecule has 5 nitrogen and oxygen atoms in total. The standard InChI is InChI=1S/C22H38O5Si/c1-6-10-11-15-22(5)23-18-20-17-19(12-13-21(20)27-22)14-16-28(24-7-2,25-8-3)26-9-4/h12-13,17H,6-11,14-16,18H2,1-5H3. The number of benzene rings is 1. The molecular formula is C22H38O5Si. The van der Waals surface area contributed by atoms with E-state index in [1.807, 2.05) is 27.7 Å². The minimum absolute atomic E-state index is 0.509. The molecule has 2 rings (SSSR count). The monoisotopic (exact) mass is 410 g/mol. The van der Waals surface area contributed by atoms with E-state index < -0.39 is 14.6 Å². The lowest BCUT2D eigenvalue weighted by Gasteiger charge is -2.36. The van der Waals surface area contributed by atoms with Gasteiger partial charge in [-0.05, 0) is 51.3 Å². The maximum Gasteiger partial charge on any atom is 0.501 e. The van der Waals surface area contributed by atoms with Crippen LogP contribution in [0.4, 0.5) is 0 Å². The average molecular weight is 411 g/mol. The Kier molecular flexibility index (Phi) is 9.43. The maximum absolute atomic E-state index is 6.19. The largest absolute Gasteiger partial charge is 0.501 e. The van der Waals surface area contributed by atoms with Crippen molar-refractivity contribution < 1.29 is 22.8 Å². The topological polar surface area (TPSA) is 46.2 Å². The van der Waals surface area contributed by atoms with Crippen molar-refractivity contribution in [3.05, 3.63) is 29.3 Å². The van der Waals surface area contributed by atoms with E-state index in [1.165, 1.54) is 18.4 Å². The molecular weight excluding hydrogens is 372 g/mol. The highest BCUT2D eigenvalue weighted by Crippen LogP contribution is 2.35. The lowest BCUT2D eigenvalue weighted by molar-refractivity contribution is -0.198. The fourth-order valence-electron chi connectivity index (χ4n) is 3.61. The third-order valence-electron chi connectivity index (χ3n) is 5.03. The van der Waals surface area contributed by atoms with Crippen molar-refractivity contribution in [2.45, 2.75) is 85.2 Å². The highest BCUT2D eigenvalue weighted by molar-refractivity contribution is 6.60. The molecule has 1 atom stereocenters. The fourth-order valence-corrected chi connectivity index (χ4v) is 6.21. The summed E-state index contributed by atoms with van der Waals surface area (Å²) >= 11 is 0. The van der Waals surface area contributed by atoms with Gasteiger partial charge in [0.25, 0.3) is 0 Å². The van der Waals surface area contributed by atoms with Gasteiger partial charge in [0.2, 0.25) is 5.79 Å². The van der Waals surface area contributed by atoms with Crippen molar-refractivity contribution in [2.24, 2.45) is 0 Å². The first-order valence-electron chi connectivity index (χ1n) is 10.9. The second kappa shape index (κ2) is 11.3. The van der Waals surface area contributed by atoms with Crippen molar-refractivity contribution in [3.63, 3.8) is 0 Å². The number of rotatable bonds is 13. The van der Waals surface area contributed by atoms with Crippen LogP contribution in [0.1, 0.15) is 71.4 Å². The molecule has 0 saturated carbocycles. The fraction of sp³-hybridized carbons (Fsp3) is 0.727. The second-order valence-electron chi connectivity index (χ2n) is 7.41. The molecule has 28 heavy (non-hydrogen) atoms. The minimum Gasteiger partial charge on any atom is -0.462 e. The molecule has 1 aromatic carbocycles. The van der Waals surface area contributed by atoms with E-state index in [0.29, 0.717) is 26.4 Å². The molecule has 0 aliphatic carbocycles. The summed E-state index contributed by atoms with van der Waals surface area (Å²) in [6.45, 7) is 12.6. The zero-order valence-electron chi connectivity index (χ0n) is 18.3. The number of aryl methyl sites for hydroxylation is 1. The molecule has 0 saturated heterocycles. The van der Waals surface area contributed by atoms with Crippen molar-refractivity contribution in [3.8, 4) is 5.75 Å². The minimum atomic E-state index is -2.62. The summed E-state index contributed by atoms with van der Waals surface area (Å²) in [5, 5.41) is 0. The molecule has 6 heteroatoms. The Labute approximate surface area is 172 Å². The Morgan fingerprint density at radius 1 is 1.00 bits per heavy atom. The molecule has 1 aliphatic rings. The van der Waals surface area contributed by atoms with Crippen molar-refractivity contribution in [1.29, 1.82) is 0 Å². The van der Waals surface area contributed by atoms with Crippen LogP contribution < -0.4 is 4.74 Å². The van der Waals surface area contributed by atoms with Gasteiger partial charge in [0, 0.05) is 44.8 Å². The Bertz CT molecular complexity index is 577. The third-order valence-corrected chi connectivity index (χ3v) is 8.08. The van der Waals surface area contributed by atoms with Crippen LogP contribution in [0.15, 0.2) is 18.2 Å². The number of hydrogen-bond donors (Lipinski definition) is 0. The predicted octanol–water partition coefficient (Wildman–Crippen LogP) is 5.48. The normalized spacial score (nSPS) is 19.3. The first kappa shape index (κ1) is 23.4. The number of unbranched alkanes of at least 4 members (excludes halogenated alkanes) is 2. The van der Waals surface area contributed by atoms with Gasteiger partial charge >= 0.3 is 8.80 Å². The molecule has 1 aromatic rings. The van der Waals surface area contributed by atoms with Gasteiger partial charge in [0.05, 0.1) is 6.61 Å². The zero-order valence-corrected chi connectivity index (χ0v) is 19.3. The van der Waals surface area contributed by atoms with E-state index in [1.54, 1.807) is 0 Å². The number of fused-ring (bicyclic) bond motifs is 1. The van der Waals surface area contributed by atoms with Gasteiger partial charge in [-0.1, -0.05) is 25.8 Å². The molecule has 1 aliphatic heterocycles. The first-order chi connectivity index (χ1) is 13.5. The van der Waals surface area contributed by atoms with Gasteiger partial charge in [-0.25, -0.2) is 0 Å². The third kappa shape index (κ3) is 6.56. The quantitative estimate of drug-likeness (QED) is 0.318. The molecule has 0 bridgehead atoms. The van der Waals surface area contributed by atoms with Crippen molar-refractivity contribution in [1.82, 2.24) is 0 Å². The van der Waals surface area contributed by atoms with Crippen LogP contribution in [0.3, 0.4) is 0 Å². The lowest BCUT2D eigenvalue weighted by Crippen LogP contribution is -2.46. The van der Waals surface area contributed by atoms with E-state index in [4.69, 9.17) is 22.8 Å². The molecule has 0 N–H and O–H groups in total. The summed E-state index contributed by atoms with van der Waals surface area (Å²) in [6.07, 6.45) is 5.31. The maximum atomic E-state index is 6.19. The van der Waals surface area contributed by atoms with Crippen LogP contribution in [0.5, 0.6) is 5.75 Å². The average Bonchev–Trinajstić information content (AvgIpc) is 2.67. The number of ether oxygens (including phenoxy) is 2. The van der Waals surface area contributed by atoms with E-state index in [-0.39, 0.29) is 0 Å². The summed E-state index contributed by atoms with van der Waals surface area (Å²) in [6, 6.07) is 7.18. The van der Waals surface area contributed by atoms with Crippen LogP contribution in [-0.4, -0.2) is 34.4 Å². The van der Waals surface area contributed by atoms with Crippen LogP contribution in [0.25, 0.3) is 0 Å². The molecule has 1 heterocycles. The number of hydrogen-bond acceptors (Lipinski definition) is 5. The van der Waals surface area contributed by atoms with E-state index in [2.05, 4.69) is 25.1 Å². The zero-order chi connectivity index (χ0) is 20.5. The smallest absolute Gasteiger partial charge is 0.462 e. The second-order valence-corrected chi connectivity index (χ2v) is 10.1. The Balaban J connectivity index is 2.02. The first-order valence-corrected chi connectivity index (χ1v) is 12.8. The van der Waals surface area contributed by atoms with Gasteiger partial charge in [0.1, 0.15) is 5.75 Å². The van der Waals surface area contributed by atoms with Gasteiger partial charge in [-0.15, -0.1) is 0 Å². The van der Waals surface area contributed by atoms with Crippen LogP contribution in [0, 0.1) is 0 Å². The van der Waals surface area contributed by atoms with E-state index in [9.17, 15) is 0 Å². The molecule has 1 unspecified atom stereocenters. The molecule has 0 fully saturated rings. The van der Waals surface area contributed by atoms with Gasteiger partial charge in [0.15, 0.2) is 0 Å². The SMILES string of the molecule is CCCCCC1(C)OCc2cc(CC[Si](OCC)(OCC)OCC)ccc2O1. The van der Waals surface area contributed by atoms with Crippen LogP contribution >= 0.6 is 0 Å². The van der Waals surface area contributed by atoms with Crippen LogP contribution in [-0.2, 0) is 31.0 Å². The lowest BCUT2D eigenvalue weighted by atomic mass is 10.0. The van der Waals surface area contributed by atoms with Gasteiger partial charge in [-0.2, -0.15) is 0 Å². The van der Waals surface area contributed by atoms with Gasteiger partial charge in [-0.3, -0.25) is 0 Å². The summed E-state index contributed by atoms with van der Waals surface area (Å²) in [5.74, 6) is 0.432. The van der Waals surface area contributed by atoms with E-state index in [0.717, 1.165) is 36.6 Å². The van der Waals surface area contributed by atoms with Crippen molar-refractivity contribution >= 4 is 8.80 Å². The molecule has 160 valence electrons. The van der Waals surface area contributed by atoms with Crippen LogP contribution in [0.2, 0.25) is 6.04 Å². The summed E-state index contributed by atoms with van der Waals surface area (Å²) in [7, 11) is -2.62. The highest BCUT2D eigenvalue weighted by Gasteiger charge is 2.40. The summed E-state index contributed by atoms with van der Waals surface area (Å²) < 4.78 is 30.2. The molecule has 0 aromatic heterocycles. The highest BCUT2D eigenvalue weighted by atomic mass is 28.4. The molecule has 0 amide bonds. The molecule has 0 radical (unpaired) electrons.